The van der Waals surface area contributed by atoms with Crippen molar-refractivity contribution in [1.29, 1.82) is 0 Å². The van der Waals surface area contributed by atoms with E-state index in [0.717, 1.165) is 21.3 Å². The van der Waals surface area contributed by atoms with Crippen molar-refractivity contribution in [1.82, 2.24) is 5.43 Å². The molecule has 0 heterocycles. The van der Waals surface area contributed by atoms with Crippen LogP contribution in [0.3, 0.4) is 0 Å². The molecular weight excluding hydrogens is 350 g/mol. The van der Waals surface area contributed by atoms with Crippen LogP contribution in [0, 0.1) is 0 Å². The first kappa shape index (κ1) is 15.5. The molecule has 0 radical (unpaired) electrons. The smallest absolute Gasteiger partial charge is 0.184 e. The molecule has 0 amide bonds. The van der Waals surface area contributed by atoms with Crippen LogP contribution in [0.15, 0.2) is 58.1 Å². The third-order valence-corrected chi connectivity index (χ3v) is 3.22. The van der Waals surface area contributed by atoms with Gasteiger partial charge in [-0.15, -0.1) is 0 Å². The molecule has 0 saturated carbocycles. The normalized spacial score (nSPS) is 10.5. The molecule has 0 bridgehead atoms. The van der Waals surface area contributed by atoms with Crippen LogP contribution in [-0.4, -0.2) is 11.3 Å². The van der Waals surface area contributed by atoms with Gasteiger partial charge in [0.1, 0.15) is 12.4 Å². The van der Waals surface area contributed by atoms with E-state index < -0.39 is 0 Å². The number of rotatable bonds is 5. The second-order valence-corrected chi connectivity index (χ2v) is 5.54. The highest BCUT2D eigenvalue weighted by atomic mass is 79.9. The summed E-state index contributed by atoms with van der Waals surface area (Å²) in [7, 11) is 0. The molecule has 0 fully saturated rings. The first-order valence-electron chi connectivity index (χ1n) is 6.20. The van der Waals surface area contributed by atoms with E-state index >= 15 is 0 Å². The largest absolute Gasteiger partial charge is 0.488 e. The predicted molar refractivity (Wildman–Crippen MR) is 92.4 cm³/mol. The third kappa shape index (κ3) is 5.17. The standard InChI is InChI=1S/C15H14BrN3OS/c16-13-7-5-11(6-8-13)10-20-14-4-2-1-3-12(14)9-18-19-15(17)21/h1-9H,10H2,(H3,17,19,21)/b18-9+. The van der Waals surface area contributed by atoms with Crippen molar-refractivity contribution in [2.75, 3.05) is 0 Å². The van der Waals surface area contributed by atoms with Crippen molar-refractivity contribution >= 4 is 39.5 Å². The van der Waals surface area contributed by atoms with Crippen LogP contribution >= 0.6 is 28.1 Å². The maximum Gasteiger partial charge on any atom is 0.184 e. The second kappa shape index (κ2) is 7.75. The molecule has 0 saturated heterocycles. The van der Waals surface area contributed by atoms with Gasteiger partial charge in [0.25, 0.3) is 0 Å². The molecule has 3 N–H and O–H groups in total. The van der Waals surface area contributed by atoms with Crippen molar-refractivity contribution in [3.63, 3.8) is 0 Å². The fraction of sp³-hybridized carbons (Fsp3) is 0.0667. The molecule has 4 nitrogen and oxygen atoms in total. The minimum atomic E-state index is 0.125. The Labute approximate surface area is 137 Å². The molecule has 0 atom stereocenters. The molecule has 0 aliphatic rings. The Kier molecular flexibility index (Phi) is 5.71. The minimum absolute atomic E-state index is 0.125. The summed E-state index contributed by atoms with van der Waals surface area (Å²) in [5.41, 5.74) is 9.77. The van der Waals surface area contributed by atoms with E-state index in [1.807, 2.05) is 48.5 Å². The van der Waals surface area contributed by atoms with E-state index in [1.165, 1.54) is 0 Å². The number of nitrogens with one attached hydrogen (secondary N) is 1. The van der Waals surface area contributed by atoms with Crippen LogP contribution in [0.5, 0.6) is 5.75 Å². The molecule has 2 aromatic carbocycles. The van der Waals surface area contributed by atoms with Gasteiger partial charge in [-0.1, -0.05) is 40.2 Å². The number of ether oxygens (including phenoxy) is 1. The Bertz CT molecular complexity index is 644. The summed E-state index contributed by atoms with van der Waals surface area (Å²) in [6.45, 7) is 0.487. The highest BCUT2D eigenvalue weighted by Gasteiger charge is 2.01. The highest BCUT2D eigenvalue weighted by Crippen LogP contribution is 2.18. The van der Waals surface area contributed by atoms with Crippen LogP contribution in [0.4, 0.5) is 0 Å². The van der Waals surface area contributed by atoms with Gasteiger partial charge in [-0.05, 0) is 42.0 Å². The van der Waals surface area contributed by atoms with E-state index in [1.54, 1.807) is 6.21 Å². The first-order chi connectivity index (χ1) is 10.1. The van der Waals surface area contributed by atoms with Crippen molar-refractivity contribution in [2.45, 2.75) is 6.61 Å². The summed E-state index contributed by atoms with van der Waals surface area (Å²) in [6, 6.07) is 15.6. The van der Waals surface area contributed by atoms with Crippen molar-refractivity contribution in [3.05, 3.63) is 64.1 Å². The Morgan fingerprint density at radius 1 is 1.24 bits per heavy atom. The summed E-state index contributed by atoms with van der Waals surface area (Å²) in [5.74, 6) is 0.744. The Morgan fingerprint density at radius 2 is 1.95 bits per heavy atom. The van der Waals surface area contributed by atoms with E-state index in [-0.39, 0.29) is 5.11 Å². The van der Waals surface area contributed by atoms with Gasteiger partial charge < -0.3 is 10.5 Å². The van der Waals surface area contributed by atoms with E-state index in [9.17, 15) is 0 Å². The molecule has 0 aliphatic heterocycles. The molecule has 0 spiro atoms. The average molecular weight is 364 g/mol. The predicted octanol–water partition coefficient (Wildman–Crippen LogP) is 3.20. The number of halogens is 1. The molecule has 21 heavy (non-hydrogen) atoms. The number of nitrogens with zero attached hydrogens (tertiary/aromatic N) is 1. The Hall–Kier alpha value is -1.92. The van der Waals surface area contributed by atoms with Gasteiger partial charge in [-0.2, -0.15) is 5.10 Å². The van der Waals surface area contributed by atoms with Gasteiger partial charge in [0.15, 0.2) is 5.11 Å². The van der Waals surface area contributed by atoms with Crippen LogP contribution in [0.25, 0.3) is 0 Å². The monoisotopic (exact) mass is 363 g/mol. The molecule has 2 rings (SSSR count). The van der Waals surface area contributed by atoms with Crippen LogP contribution in [-0.2, 0) is 6.61 Å². The van der Waals surface area contributed by atoms with Crippen molar-refractivity contribution in [2.24, 2.45) is 10.8 Å². The molecule has 108 valence electrons. The summed E-state index contributed by atoms with van der Waals surface area (Å²) in [4.78, 5) is 0. The van der Waals surface area contributed by atoms with Gasteiger partial charge in [-0.25, -0.2) is 0 Å². The number of hydrogen-bond acceptors (Lipinski definition) is 3. The van der Waals surface area contributed by atoms with Gasteiger partial charge in [0, 0.05) is 10.0 Å². The maximum absolute atomic E-state index is 5.82. The third-order valence-electron chi connectivity index (χ3n) is 2.60. The fourth-order valence-electron chi connectivity index (χ4n) is 1.63. The van der Waals surface area contributed by atoms with Gasteiger partial charge in [0.2, 0.25) is 0 Å². The summed E-state index contributed by atoms with van der Waals surface area (Å²) in [6.07, 6.45) is 1.62. The van der Waals surface area contributed by atoms with Crippen LogP contribution in [0.2, 0.25) is 0 Å². The fourth-order valence-corrected chi connectivity index (χ4v) is 1.94. The zero-order valence-electron chi connectivity index (χ0n) is 11.1. The molecule has 0 aliphatic carbocycles. The van der Waals surface area contributed by atoms with Crippen molar-refractivity contribution in [3.8, 4) is 5.75 Å². The molecule has 6 heteroatoms. The minimum Gasteiger partial charge on any atom is -0.488 e. The van der Waals surface area contributed by atoms with E-state index in [2.05, 4.69) is 38.7 Å². The van der Waals surface area contributed by atoms with E-state index in [0.29, 0.717) is 6.61 Å². The molecule has 2 aromatic rings. The van der Waals surface area contributed by atoms with Gasteiger partial charge in [-0.3, -0.25) is 5.43 Å². The lowest BCUT2D eigenvalue weighted by Crippen LogP contribution is -2.24. The number of thiocarbonyl (C=S) groups is 1. The first-order valence-corrected chi connectivity index (χ1v) is 7.40. The topological polar surface area (TPSA) is 59.6 Å². The van der Waals surface area contributed by atoms with Gasteiger partial charge in [0.05, 0.1) is 6.21 Å². The number of hydrazone groups is 1. The zero-order valence-corrected chi connectivity index (χ0v) is 13.5. The summed E-state index contributed by atoms with van der Waals surface area (Å²) >= 11 is 8.09. The quantitative estimate of drug-likeness (QED) is 0.486. The number of benzene rings is 2. The van der Waals surface area contributed by atoms with E-state index in [4.69, 9.17) is 10.5 Å². The lowest BCUT2D eigenvalue weighted by atomic mass is 10.2. The maximum atomic E-state index is 5.82. The number of hydrogen-bond donors (Lipinski definition) is 2. The summed E-state index contributed by atoms with van der Waals surface area (Å²) < 4.78 is 6.87. The summed E-state index contributed by atoms with van der Waals surface area (Å²) in [5, 5.41) is 4.07. The lowest BCUT2D eigenvalue weighted by Gasteiger charge is -2.09. The SMILES string of the molecule is NC(=S)N/N=C/c1ccccc1OCc1ccc(Br)cc1. The molecule has 0 aromatic heterocycles. The average Bonchev–Trinajstić information content (AvgIpc) is 2.47. The number of nitrogens with two attached hydrogens (primary N) is 1. The number of para-hydroxylation sites is 1. The Balaban J connectivity index is 2.04. The Morgan fingerprint density at radius 3 is 2.67 bits per heavy atom. The lowest BCUT2D eigenvalue weighted by molar-refractivity contribution is 0.306. The highest BCUT2D eigenvalue weighted by molar-refractivity contribution is 9.10. The van der Waals surface area contributed by atoms with Crippen molar-refractivity contribution < 1.29 is 4.74 Å². The van der Waals surface area contributed by atoms with Crippen LogP contribution < -0.4 is 15.9 Å². The second-order valence-electron chi connectivity index (χ2n) is 4.19. The molecule has 0 unspecified atom stereocenters. The van der Waals surface area contributed by atoms with Gasteiger partial charge >= 0.3 is 0 Å². The van der Waals surface area contributed by atoms with Crippen LogP contribution in [0.1, 0.15) is 11.1 Å². The zero-order chi connectivity index (χ0) is 15.1. The molecular formula is C15H14BrN3OS.